The fourth-order valence-electron chi connectivity index (χ4n) is 1.45. The Morgan fingerprint density at radius 3 is 2.38 bits per heavy atom. The number of rotatable bonds is 1. The molecule has 0 atom stereocenters. The van der Waals surface area contributed by atoms with Gasteiger partial charge in [0.25, 0.3) is 0 Å². The number of hydrogen-bond donors (Lipinski definition) is 0. The first kappa shape index (κ1) is 8.05. The number of hydrogen-bond acceptors (Lipinski definition) is 1. The Bertz CT molecular complexity index is 402. The van der Waals surface area contributed by atoms with E-state index < -0.39 is 0 Å². The predicted molar refractivity (Wildman–Crippen MR) is 53.0 cm³/mol. The van der Waals surface area contributed by atoms with Gasteiger partial charge in [-0.15, -0.1) is 0 Å². The summed E-state index contributed by atoms with van der Waals surface area (Å²) < 4.78 is 2.07. The third-order valence-corrected chi connectivity index (χ3v) is 2.08. The summed E-state index contributed by atoms with van der Waals surface area (Å²) in [5.41, 5.74) is 3.28. The minimum Gasteiger partial charge on any atom is -0.322 e. The van der Waals surface area contributed by atoms with Gasteiger partial charge in [-0.05, 0) is 38.1 Å². The highest BCUT2D eigenvalue weighted by atomic mass is 15.0. The average Bonchev–Trinajstić information content (AvgIpc) is 2.56. The molecule has 0 amide bonds. The van der Waals surface area contributed by atoms with E-state index in [2.05, 4.69) is 15.6 Å². The van der Waals surface area contributed by atoms with Crippen LogP contribution in [0.4, 0.5) is 0 Å². The minimum atomic E-state index is 1.06. The molecule has 0 fully saturated rings. The molecule has 0 N–H and O–H groups in total. The molecule has 0 aliphatic rings. The molecule has 2 heterocycles. The van der Waals surface area contributed by atoms with Crippen molar-refractivity contribution in [1.29, 1.82) is 0 Å². The Morgan fingerprint density at radius 2 is 1.77 bits per heavy atom. The molecule has 2 heteroatoms. The van der Waals surface area contributed by atoms with Crippen molar-refractivity contribution in [2.24, 2.45) is 0 Å². The zero-order chi connectivity index (χ0) is 9.26. The van der Waals surface area contributed by atoms with Crippen molar-refractivity contribution in [1.82, 2.24) is 9.55 Å². The zero-order valence-corrected chi connectivity index (χ0v) is 7.86. The SMILES string of the molecule is Cc1ccc(-n2cccc2)c(C)n1. The molecule has 66 valence electrons. The maximum Gasteiger partial charge on any atom is 0.0663 e. The summed E-state index contributed by atoms with van der Waals surface area (Å²) in [6.45, 7) is 4.04. The molecule has 0 aromatic carbocycles. The van der Waals surface area contributed by atoms with Gasteiger partial charge in [0.15, 0.2) is 0 Å². The van der Waals surface area contributed by atoms with E-state index >= 15 is 0 Å². The van der Waals surface area contributed by atoms with E-state index in [0.717, 1.165) is 17.1 Å². The number of aryl methyl sites for hydroxylation is 2. The van der Waals surface area contributed by atoms with Gasteiger partial charge in [-0.1, -0.05) is 0 Å². The van der Waals surface area contributed by atoms with Gasteiger partial charge in [-0.3, -0.25) is 4.98 Å². The third kappa shape index (κ3) is 1.47. The van der Waals surface area contributed by atoms with E-state index in [-0.39, 0.29) is 0 Å². The summed E-state index contributed by atoms with van der Waals surface area (Å²) in [5.74, 6) is 0. The Hall–Kier alpha value is -1.57. The van der Waals surface area contributed by atoms with E-state index in [1.807, 2.05) is 44.4 Å². The molecule has 0 aliphatic carbocycles. The van der Waals surface area contributed by atoms with Crippen LogP contribution in [0.25, 0.3) is 5.69 Å². The van der Waals surface area contributed by atoms with Crippen LogP contribution in [0, 0.1) is 13.8 Å². The molecule has 0 aliphatic heterocycles. The highest BCUT2D eigenvalue weighted by molar-refractivity contribution is 5.37. The second kappa shape index (κ2) is 3.05. The van der Waals surface area contributed by atoms with E-state index in [9.17, 15) is 0 Å². The van der Waals surface area contributed by atoms with Crippen molar-refractivity contribution >= 4 is 0 Å². The fraction of sp³-hybridized carbons (Fsp3) is 0.182. The molecule has 0 radical (unpaired) electrons. The van der Waals surface area contributed by atoms with Crippen LogP contribution in [0.5, 0.6) is 0 Å². The van der Waals surface area contributed by atoms with E-state index in [1.54, 1.807) is 0 Å². The van der Waals surface area contributed by atoms with Gasteiger partial charge in [-0.2, -0.15) is 0 Å². The highest BCUT2D eigenvalue weighted by Gasteiger charge is 1.99. The molecule has 0 unspecified atom stereocenters. The van der Waals surface area contributed by atoms with Crippen LogP contribution in [0.15, 0.2) is 36.7 Å². The minimum absolute atomic E-state index is 1.06. The summed E-state index contributed by atoms with van der Waals surface area (Å²) in [5, 5.41) is 0. The summed E-state index contributed by atoms with van der Waals surface area (Å²) in [7, 11) is 0. The molecule has 2 nitrogen and oxygen atoms in total. The maximum atomic E-state index is 4.41. The standard InChI is InChI=1S/C11H12N2/c1-9-5-6-11(10(2)12-9)13-7-3-4-8-13/h3-8H,1-2H3. The van der Waals surface area contributed by atoms with Gasteiger partial charge in [-0.25, -0.2) is 0 Å². The summed E-state index contributed by atoms with van der Waals surface area (Å²) >= 11 is 0. The van der Waals surface area contributed by atoms with Crippen LogP contribution in [0.2, 0.25) is 0 Å². The summed E-state index contributed by atoms with van der Waals surface area (Å²) in [6.07, 6.45) is 4.05. The quantitative estimate of drug-likeness (QED) is 0.646. The normalized spacial score (nSPS) is 10.3. The van der Waals surface area contributed by atoms with Crippen molar-refractivity contribution in [3.63, 3.8) is 0 Å². The van der Waals surface area contributed by atoms with Gasteiger partial charge in [0.2, 0.25) is 0 Å². The second-order valence-electron chi connectivity index (χ2n) is 3.15. The lowest BCUT2D eigenvalue weighted by atomic mass is 10.3. The topological polar surface area (TPSA) is 17.8 Å². The lowest BCUT2D eigenvalue weighted by Gasteiger charge is -2.06. The van der Waals surface area contributed by atoms with Crippen molar-refractivity contribution in [3.05, 3.63) is 48.0 Å². The third-order valence-electron chi connectivity index (χ3n) is 2.08. The molecule has 0 saturated carbocycles. The van der Waals surface area contributed by atoms with Crippen LogP contribution >= 0.6 is 0 Å². The largest absolute Gasteiger partial charge is 0.322 e. The van der Waals surface area contributed by atoms with E-state index in [4.69, 9.17) is 0 Å². The van der Waals surface area contributed by atoms with E-state index in [0.29, 0.717) is 0 Å². The number of nitrogens with zero attached hydrogens (tertiary/aromatic N) is 2. The highest BCUT2D eigenvalue weighted by Crippen LogP contribution is 2.12. The molecule has 2 rings (SSSR count). The van der Waals surface area contributed by atoms with Gasteiger partial charge >= 0.3 is 0 Å². The molecule has 2 aromatic rings. The molecule has 0 bridgehead atoms. The molecule has 13 heavy (non-hydrogen) atoms. The Kier molecular flexibility index (Phi) is 1.89. The van der Waals surface area contributed by atoms with Crippen LogP contribution in [0.1, 0.15) is 11.4 Å². The smallest absolute Gasteiger partial charge is 0.0663 e. The van der Waals surface area contributed by atoms with Crippen molar-refractivity contribution in [3.8, 4) is 5.69 Å². The van der Waals surface area contributed by atoms with Gasteiger partial charge in [0.1, 0.15) is 0 Å². The first-order valence-electron chi connectivity index (χ1n) is 4.35. The summed E-state index contributed by atoms with van der Waals surface area (Å²) in [4.78, 5) is 4.41. The molecule has 2 aromatic heterocycles. The Balaban J connectivity index is 2.53. The van der Waals surface area contributed by atoms with Crippen LogP contribution in [-0.2, 0) is 0 Å². The monoisotopic (exact) mass is 172 g/mol. The van der Waals surface area contributed by atoms with Crippen molar-refractivity contribution in [2.75, 3.05) is 0 Å². The van der Waals surface area contributed by atoms with Crippen molar-refractivity contribution in [2.45, 2.75) is 13.8 Å². The zero-order valence-electron chi connectivity index (χ0n) is 7.86. The van der Waals surface area contributed by atoms with Crippen LogP contribution < -0.4 is 0 Å². The predicted octanol–water partition coefficient (Wildman–Crippen LogP) is 2.49. The molecular formula is C11H12N2. The van der Waals surface area contributed by atoms with Crippen molar-refractivity contribution < 1.29 is 0 Å². The molecular weight excluding hydrogens is 160 g/mol. The maximum absolute atomic E-state index is 4.41. The van der Waals surface area contributed by atoms with Gasteiger partial charge < -0.3 is 4.57 Å². The Labute approximate surface area is 77.9 Å². The molecule has 0 saturated heterocycles. The van der Waals surface area contributed by atoms with Crippen LogP contribution in [0.3, 0.4) is 0 Å². The van der Waals surface area contributed by atoms with Gasteiger partial charge in [0.05, 0.1) is 11.4 Å². The second-order valence-corrected chi connectivity index (χ2v) is 3.15. The first-order valence-corrected chi connectivity index (χ1v) is 4.35. The van der Waals surface area contributed by atoms with Gasteiger partial charge in [0, 0.05) is 18.1 Å². The fourth-order valence-corrected chi connectivity index (χ4v) is 1.45. The first-order chi connectivity index (χ1) is 6.27. The number of aromatic nitrogens is 2. The number of pyridine rings is 1. The molecule has 0 spiro atoms. The van der Waals surface area contributed by atoms with Crippen LogP contribution in [-0.4, -0.2) is 9.55 Å². The lowest BCUT2D eigenvalue weighted by molar-refractivity contribution is 1.00. The average molecular weight is 172 g/mol. The Morgan fingerprint density at radius 1 is 1.08 bits per heavy atom. The lowest BCUT2D eigenvalue weighted by Crippen LogP contribution is -1.96. The van der Waals surface area contributed by atoms with E-state index in [1.165, 1.54) is 0 Å². The summed E-state index contributed by atoms with van der Waals surface area (Å²) in [6, 6.07) is 8.15.